The normalized spacial score (nSPS) is 24.3. The topological polar surface area (TPSA) is 52.7 Å². The largest absolute Gasteiger partial charge is 0.358 e. The van der Waals surface area contributed by atoms with E-state index in [0.29, 0.717) is 13.0 Å². The van der Waals surface area contributed by atoms with Gasteiger partial charge in [-0.1, -0.05) is 30.3 Å². The predicted molar refractivity (Wildman–Crippen MR) is 84.3 cm³/mol. The first kappa shape index (κ1) is 15.0. The average molecular weight is 301 g/mol. The van der Waals surface area contributed by atoms with Crippen LogP contribution in [0.2, 0.25) is 0 Å². The van der Waals surface area contributed by atoms with Crippen molar-refractivity contribution in [1.29, 1.82) is 0 Å². The summed E-state index contributed by atoms with van der Waals surface area (Å²) in [6.07, 6.45) is 2.52. The highest BCUT2D eigenvalue weighted by Gasteiger charge is 2.50. The number of likely N-dealkylation sites (tertiary alicyclic amines) is 2. The molecule has 2 fully saturated rings. The molecule has 118 valence electrons. The van der Waals surface area contributed by atoms with Crippen molar-refractivity contribution in [3.63, 3.8) is 0 Å². The fraction of sp³-hybridized carbons (Fsp3) is 0.529. The van der Waals surface area contributed by atoms with Crippen molar-refractivity contribution in [3.8, 4) is 0 Å². The number of hydrogen-bond acceptors (Lipinski definition) is 3. The molecule has 1 aromatic rings. The summed E-state index contributed by atoms with van der Waals surface area (Å²) in [6, 6.07) is 9.87. The van der Waals surface area contributed by atoms with E-state index in [0.717, 1.165) is 38.0 Å². The van der Waals surface area contributed by atoms with Crippen molar-refractivity contribution >= 4 is 11.8 Å². The molecular formula is C17H23N3O2. The fourth-order valence-corrected chi connectivity index (χ4v) is 3.50. The van der Waals surface area contributed by atoms with E-state index in [1.165, 1.54) is 0 Å². The van der Waals surface area contributed by atoms with Gasteiger partial charge in [-0.15, -0.1) is 0 Å². The molecule has 2 heterocycles. The standard InChI is InChI=1S/C17H23N3O2/c1-18-15(21)12-20-10-8-17(20)7-9-19(13-17)16(22)11-14-5-3-2-4-6-14/h2-6H,7-13H2,1H3,(H,18,21)/t17-/m0/s1. The van der Waals surface area contributed by atoms with E-state index in [2.05, 4.69) is 10.2 Å². The van der Waals surface area contributed by atoms with Gasteiger partial charge in [-0.3, -0.25) is 14.5 Å². The van der Waals surface area contributed by atoms with Gasteiger partial charge >= 0.3 is 0 Å². The minimum absolute atomic E-state index is 0.0405. The van der Waals surface area contributed by atoms with Gasteiger partial charge in [0.05, 0.1) is 13.0 Å². The molecule has 5 heteroatoms. The molecule has 5 nitrogen and oxygen atoms in total. The third kappa shape index (κ3) is 2.86. The highest BCUT2D eigenvalue weighted by Crippen LogP contribution is 2.38. The van der Waals surface area contributed by atoms with Crippen molar-refractivity contribution in [3.05, 3.63) is 35.9 Å². The van der Waals surface area contributed by atoms with Crippen LogP contribution >= 0.6 is 0 Å². The molecule has 0 aromatic heterocycles. The van der Waals surface area contributed by atoms with Crippen LogP contribution in [0.15, 0.2) is 30.3 Å². The number of amides is 2. The first-order chi connectivity index (χ1) is 10.6. The Kier molecular flexibility index (Phi) is 4.16. The van der Waals surface area contributed by atoms with Crippen LogP contribution in [0.25, 0.3) is 0 Å². The monoisotopic (exact) mass is 301 g/mol. The smallest absolute Gasteiger partial charge is 0.233 e. The van der Waals surface area contributed by atoms with Crippen molar-refractivity contribution in [2.45, 2.75) is 24.8 Å². The number of nitrogens with one attached hydrogen (secondary N) is 1. The van der Waals surface area contributed by atoms with Gasteiger partial charge in [0.25, 0.3) is 0 Å². The summed E-state index contributed by atoms with van der Waals surface area (Å²) in [5, 5.41) is 2.68. The maximum atomic E-state index is 12.5. The Hall–Kier alpha value is -1.88. The summed E-state index contributed by atoms with van der Waals surface area (Å²) in [7, 11) is 1.67. The minimum atomic E-state index is 0.0405. The third-order valence-electron chi connectivity index (χ3n) is 5.01. The van der Waals surface area contributed by atoms with Crippen molar-refractivity contribution in [1.82, 2.24) is 15.1 Å². The Labute approximate surface area is 131 Å². The van der Waals surface area contributed by atoms with E-state index in [-0.39, 0.29) is 17.4 Å². The molecule has 0 unspecified atom stereocenters. The predicted octanol–water partition coefficient (Wildman–Crippen LogP) is 0.652. The van der Waals surface area contributed by atoms with Crippen molar-refractivity contribution in [2.75, 3.05) is 33.2 Å². The zero-order valence-electron chi connectivity index (χ0n) is 13.0. The van der Waals surface area contributed by atoms with Crippen molar-refractivity contribution in [2.24, 2.45) is 0 Å². The van der Waals surface area contributed by atoms with Crippen LogP contribution in [0.4, 0.5) is 0 Å². The molecule has 0 aliphatic carbocycles. The molecule has 3 rings (SSSR count). The number of nitrogens with zero attached hydrogens (tertiary/aromatic N) is 2. The van der Waals surface area contributed by atoms with Gasteiger partial charge in [0.2, 0.25) is 11.8 Å². The molecule has 1 aromatic carbocycles. The molecule has 2 aliphatic heterocycles. The van der Waals surface area contributed by atoms with Gasteiger partial charge < -0.3 is 10.2 Å². The summed E-state index contributed by atoms with van der Waals surface area (Å²) in [5.41, 5.74) is 1.10. The van der Waals surface area contributed by atoms with Crippen LogP contribution in [-0.4, -0.2) is 60.4 Å². The van der Waals surface area contributed by atoms with E-state index in [1.54, 1.807) is 7.05 Å². The Balaban J connectivity index is 1.58. The van der Waals surface area contributed by atoms with E-state index < -0.39 is 0 Å². The van der Waals surface area contributed by atoms with Gasteiger partial charge in [0, 0.05) is 32.2 Å². The van der Waals surface area contributed by atoms with Crippen LogP contribution < -0.4 is 5.32 Å². The number of likely N-dealkylation sites (N-methyl/N-ethyl adjacent to an activating group) is 1. The van der Waals surface area contributed by atoms with Gasteiger partial charge in [-0.25, -0.2) is 0 Å². The molecule has 0 bridgehead atoms. The molecule has 2 amide bonds. The molecule has 1 atom stereocenters. The molecular weight excluding hydrogens is 278 g/mol. The summed E-state index contributed by atoms with van der Waals surface area (Å²) in [5.74, 6) is 0.239. The lowest BCUT2D eigenvalue weighted by Gasteiger charge is -2.50. The average Bonchev–Trinajstić information content (AvgIpc) is 3.00. The van der Waals surface area contributed by atoms with Crippen LogP contribution in [-0.2, 0) is 16.0 Å². The van der Waals surface area contributed by atoms with Gasteiger partial charge in [-0.2, -0.15) is 0 Å². The van der Waals surface area contributed by atoms with E-state index in [9.17, 15) is 9.59 Å². The SMILES string of the molecule is CNC(=O)CN1CC[C@]12CCN(C(=O)Cc1ccccc1)C2. The second-order valence-corrected chi connectivity index (χ2v) is 6.30. The van der Waals surface area contributed by atoms with Crippen LogP contribution in [0.3, 0.4) is 0 Å². The summed E-state index contributed by atoms with van der Waals surface area (Å²) >= 11 is 0. The number of carbonyl (C=O) groups is 2. The summed E-state index contributed by atoms with van der Waals surface area (Å²) in [6.45, 7) is 2.96. The van der Waals surface area contributed by atoms with E-state index in [1.807, 2.05) is 35.2 Å². The Morgan fingerprint density at radius 3 is 2.55 bits per heavy atom. The van der Waals surface area contributed by atoms with Gasteiger partial charge in [0.1, 0.15) is 0 Å². The lowest BCUT2D eigenvalue weighted by molar-refractivity contribution is -0.131. The second-order valence-electron chi connectivity index (χ2n) is 6.30. The maximum absolute atomic E-state index is 12.5. The zero-order valence-corrected chi connectivity index (χ0v) is 13.0. The summed E-state index contributed by atoms with van der Waals surface area (Å²) < 4.78 is 0. The molecule has 1 N–H and O–H groups in total. The van der Waals surface area contributed by atoms with Crippen LogP contribution in [0.1, 0.15) is 18.4 Å². The first-order valence-corrected chi connectivity index (χ1v) is 7.90. The highest BCUT2D eigenvalue weighted by molar-refractivity contribution is 5.80. The maximum Gasteiger partial charge on any atom is 0.233 e. The first-order valence-electron chi connectivity index (χ1n) is 7.90. The van der Waals surface area contributed by atoms with Crippen molar-refractivity contribution < 1.29 is 9.59 Å². The van der Waals surface area contributed by atoms with Crippen LogP contribution in [0.5, 0.6) is 0 Å². The Bertz CT molecular complexity index is 560. The van der Waals surface area contributed by atoms with Gasteiger partial charge in [-0.05, 0) is 18.4 Å². The number of carbonyl (C=O) groups excluding carboxylic acids is 2. The third-order valence-corrected chi connectivity index (χ3v) is 5.01. The fourth-order valence-electron chi connectivity index (χ4n) is 3.50. The highest BCUT2D eigenvalue weighted by atomic mass is 16.2. The Morgan fingerprint density at radius 1 is 1.18 bits per heavy atom. The summed E-state index contributed by atoms with van der Waals surface area (Å²) in [4.78, 5) is 28.2. The lowest BCUT2D eigenvalue weighted by Crippen LogP contribution is -2.63. The molecule has 1 spiro atoms. The van der Waals surface area contributed by atoms with E-state index in [4.69, 9.17) is 0 Å². The quantitative estimate of drug-likeness (QED) is 0.888. The lowest BCUT2D eigenvalue weighted by atomic mass is 9.83. The zero-order chi connectivity index (χ0) is 15.6. The molecule has 22 heavy (non-hydrogen) atoms. The Morgan fingerprint density at radius 2 is 1.91 bits per heavy atom. The minimum Gasteiger partial charge on any atom is -0.358 e. The molecule has 0 saturated carbocycles. The number of benzene rings is 1. The molecule has 2 saturated heterocycles. The number of rotatable bonds is 4. The molecule has 0 radical (unpaired) electrons. The van der Waals surface area contributed by atoms with E-state index >= 15 is 0 Å². The number of hydrogen-bond donors (Lipinski definition) is 1. The second kappa shape index (κ2) is 6.08. The van der Waals surface area contributed by atoms with Crippen LogP contribution in [0, 0.1) is 0 Å². The molecule has 2 aliphatic rings. The van der Waals surface area contributed by atoms with Gasteiger partial charge in [0.15, 0.2) is 0 Å².